The summed E-state index contributed by atoms with van der Waals surface area (Å²) >= 11 is 1.35. The van der Waals surface area contributed by atoms with Crippen molar-refractivity contribution in [3.05, 3.63) is 46.2 Å². The standard InChI is InChI=1S/C15H18FN5O2S/c1-9(22)19-15-20-12(8-24-15)5-3-10-2-4-11(13(16)6-10)7-21(18)14(17)23/h2,4,6,8H,3,5,7,18H2,1H3,(H2,17,23)(H,19,20,22). The van der Waals surface area contributed by atoms with Crippen LogP contribution in [0.3, 0.4) is 0 Å². The fourth-order valence-corrected chi connectivity index (χ4v) is 2.83. The van der Waals surface area contributed by atoms with Gasteiger partial charge in [-0.15, -0.1) is 11.3 Å². The molecule has 0 spiro atoms. The topological polar surface area (TPSA) is 114 Å². The van der Waals surface area contributed by atoms with Crippen molar-refractivity contribution < 1.29 is 14.0 Å². The molecule has 9 heteroatoms. The summed E-state index contributed by atoms with van der Waals surface area (Å²) in [5.74, 6) is 4.77. The van der Waals surface area contributed by atoms with Gasteiger partial charge in [-0.05, 0) is 24.5 Å². The van der Waals surface area contributed by atoms with E-state index < -0.39 is 11.8 Å². The van der Waals surface area contributed by atoms with Gasteiger partial charge in [0.25, 0.3) is 0 Å². The predicted octanol–water partition coefficient (Wildman–Crippen LogP) is 1.78. The van der Waals surface area contributed by atoms with Gasteiger partial charge in [0.15, 0.2) is 5.13 Å². The molecular weight excluding hydrogens is 333 g/mol. The molecule has 0 aliphatic carbocycles. The van der Waals surface area contributed by atoms with Crippen LogP contribution in [0.15, 0.2) is 23.6 Å². The van der Waals surface area contributed by atoms with Gasteiger partial charge in [-0.25, -0.2) is 20.0 Å². The number of nitrogens with one attached hydrogen (secondary N) is 1. The SMILES string of the molecule is CC(=O)Nc1nc(CCc2ccc(CN(N)C(N)=O)c(F)c2)cs1. The van der Waals surface area contributed by atoms with Crippen LogP contribution in [0.2, 0.25) is 0 Å². The molecule has 0 aliphatic rings. The fourth-order valence-electron chi connectivity index (χ4n) is 2.04. The van der Waals surface area contributed by atoms with E-state index in [1.807, 2.05) is 5.38 Å². The van der Waals surface area contributed by atoms with Crippen molar-refractivity contribution in [2.75, 3.05) is 5.32 Å². The Bertz CT molecular complexity index is 749. The Morgan fingerprint density at radius 2 is 2.12 bits per heavy atom. The molecule has 0 saturated carbocycles. The van der Waals surface area contributed by atoms with E-state index in [0.29, 0.717) is 23.5 Å². The highest BCUT2D eigenvalue weighted by Crippen LogP contribution is 2.18. The summed E-state index contributed by atoms with van der Waals surface area (Å²) in [4.78, 5) is 26.1. The summed E-state index contributed by atoms with van der Waals surface area (Å²) < 4.78 is 14.1. The summed E-state index contributed by atoms with van der Waals surface area (Å²) in [6, 6.07) is 3.94. The van der Waals surface area contributed by atoms with Crippen LogP contribution in [0.1, 0.15) is 23.7 Å². The predicted molar refractivity (Wildman–Crippen MR) is 89.5 cm³/mol. The number of hydrogen-bond acceptors (Lipinski definition) is 5. The first-order valence-corrected chi connectivity index (χ1v) is 8.04. The van der Waals surface area contributed by atoms with E-state index in [9.17, 15) is 14.0 Å². The van der Waals surface area contributed by atoms with E-state index in [1.165, 1.54) is 24.3 Å². The maximum atomic E-state index is 14.1. The molecule has 0 saturated heterocycles. The van der Waals surface area contributed by atoms with Crippen molar-refractivity contribution in [2.45, 2.75) is 26.3 Å². The number of urea groups is 1. The van der Waals surface area contributed by atoms with Crippen LogP contribution in [0.25, 0.3) is 0 Å². The molecule has 0 aliphatic heterocycles. The van der Waals surface area contributed by atoms with Gasteiger partial charge in [-0.1, -0.05) is 12.1 Å². The van der Waals surface area contributed by atoms with Crippen LogP contribution in [0.4, 0.5) is 14.3 Å². The number of thiazole rings is 1. The van der Waals surface area contributed by atoms with Crippen molar-refractivity contribution in [2.24, 2.45) is 11.6 Å². The second-order valence-corrected chi connectivity index (χ2v) is 6.08. The third-order valence-corrected chi connectivity index (χ3v) is 4.05. The van der Waals surface area contributed by atoms with Crippen LogP contribution in [0.5, 0.6) is 0 Å². The lowest BCUT2D eigenvalue weighted by atomic mass is 10.1. The molecule has 1 heterocycles. The number of aromatic nitrogens is 1. The Labute approximate surface area is 142 Å². The smallest absolute Gasteiger partial charge is 0.329 e. The highest BCUT2D eigenvalue weighted by molar-refractivity contribution is 7.13. The molecule has 1 aromatic heterocycles. The average molecular weight is 351 g/mol. The van der Waals surface area contributed by atoms with Crippen LogP contribution in [-0.2, 0) is 24.2 Å². The maximum Gasteiger partial charge on any atom is 0.329 e. The van der Waals surface area contributed by atoms with E-state index in [-0.39, 0.29) is 12.5 Å². The van der Waals surface area contributed by atoms with Gasteiger partial charge in [0.05, 0.1) is 12.2 Å². The Balaban J connectivity index is 1.96. The van der Waals surface area contributed by atoms with E-state index in [1.54, 1.807) is 12.1 Å². The molecule has 2 rings (SSSR count). The summed E-state index contributed by atoms with van der Waals surface area (Å²) in [6.07, 6.45) is 1.22. The zero-order valence-electron chi connectivity index (χ0n) is 13.1. The van der Waals surface area contributed by atoms with E-state index in [4.69, 9.17) is 11.6 Å². The Hall–Kier alpha value is -2.52. The quantitative estimate of drug-likeness (QED) is 0.418. The number of carbonyl (C=O) groups is 2. The molecule has 3 amide bonds. The van der Waals surface area contributed by atoms with Gasteiger partial charge in [-0.3, -0.25) is 9.80 Å². The van der Waals surface area contributed by atoms with Crippen molar-refractivity contribution in [3.8, 4) is 0 Å². The average Bonchev–Trinajstić information content (AvgIpc) is 2.94. The Morgan fingerprint density at radius 3 is 2.75 bits per heavy atom. The number of amides is 3. The van der Waals surface area contributed by atoms with Crippen molar-refractivity contribution in [1.29, 1.82) is 0 Å². The first kappa shape index (κ1) is 17.8. The van der Waals surface area contributed by atoms with Crippen LogP contribution in [-0.4, -0.2) is 21.9 Å². The summed E-state index contributed by atoms with van der Waals surface area (Å²) in [5.41, 5.74) is 6.94. The third kappa shape index (κ3) is 5.00. The van der Waals surface area contributed by atoms with E-state index in [0.717, 1.165) is 16.3 Å². The maximum absolute atomic E-state index is 14.1. The van der Waals surface area contributed by atoms with Gasteiger partial charge in [0, 0.05) is 17.9 Å². The number of halogens is 1. The molecule has 128 valence electrons. The number of nitrogens with two attached hydrogens (primary N) is 2. The Kier molecular flexibility index (Phi) is 5.83. The number of rotatable bonds is 6. The molecule has 2 aromatic rings. The first-order chi connectivity index (χ1) is 11.3. The molecule has 0 radical (unpaired) electrons. The molecule has 0 bridgehead atoms. The van der Waals surface area contributed by atoms with Gasteiger partial charge in [-0.2, -0.15) is 0 Å². The zero-order chi connectivity index (χ0) is 17.7. The Morgan fingerprint density at radius 1 is 1.38 bits per heavy atom. The number of anilines is 1. The molecule has 0 unspecified atom stereocenters. The minimum absolute atomic E-state index is 0.0897. The van der Waals surface area contributed by atoms with E-state index >= 15 is 0 Å². The number of primary amides is 1. The fraction of sp³-hybridized carbons (Fsp3) is 0.267. The second-order valence-electron chi connectivity index (χ2n) is 5.22. The highest BCUT2D eigenvalue weighted by atomic mass is 32.1. The number of aryl methyl sites for hydroxylation is 2. The number of hydrazine groups is 1. The molecular formula is C15H18FN5O2S. The van der Waals surface area contributed by atoms with Gasteiger partial charge < -0.3 is 11.1 Å². The second kappa shape index (κ2) is 7.84. The lowest BCUT2D eigenvalue weighted by Gasteiger charge is -2.14. The van der Waals surface area contributed by atoms with Crippen LogP contribution >= 0.6 is 11.3 Å². The zero-order valence-corrected chi connectivity index (χ0v) is 13.9. The number of benzene rings is 1. The summed E-state index contributed by atoms with van der Waals surface area (Å²) in [6.45, 7) is 1.33. The van der Waals surface area contributed by atoms with Crippen LogP contribution in [0, 0.1) is 5.82 Å². The molecule has 0 fully saturated rings. The van der Waals surface area contributed by atoms with Crippen LogP contribution < -0.4 is 16.9 Å². The summed E-state index contributed by atoms with van der Waals surface area (Å²) in [5, 5.41) is 5.77. The lowest BCUT2D eigenvalue weighted by Crippen LogP contribution is -2.40. The number of nitrogens with zero attached hydrogens (tertiary/aromatic N) is 2. The normalized spacial score (nSPS) is 10.5. The van der Waals surface area contributed by atoms with Gasteiger partial charge in [0.2, 0.25) is 5.91 Å². The lowest BCUT2D eigenvalue weighted by molar-refractivity contribution is -0.114. The minimum Gasteiger partial charge on any atom is -0.350 e. The van der Waals surface area contributed by atoms with Crippen molar-refractivity contribution in [3.63, 3.8) is 0 Å². The molecule has 7 nitrogen and oxygen atoms in total. The monoisotopic (exact) mass is 351 g/mol. The summed E-state index contributed by atoms with van der Waals surface area (Å²) in [7, 11) is 0. The molecule has 24 heavy (non-hydrogen) atoms. The minimum atomic E-state index is -0.822. The number of hydrogen-bond donors (Lipinski definition) is 3. The van der Waals surface area contributed by atoms with E-state index in [2.05, 4.69) is 10.3 Å². The number of carbonyl (C=O) groups excluding carboxylic acids is 2. The van der Waals surface area contributed by atoms with Crippen molar-refractivity contribution in [1.82, 2.24) is 9.99 Å². The van der Waals surface area contributed by atoms with Crippen molar-refractivity contribution >= 4 is 28.4 Å². The molecule has 0 atom stereocenters. The van der Waals surface area contributed by atoms with Gasteiger partial charge >= 0.3 is 6.03 Å². The highest BCUT2D eigenvalue weighted by Gasteiger charge is 2.10. The largest absolute Gasteiger partial charge is 0.350 e. The molecule has 1 aromatic carbocycles. The first-order valence-electron chi connectivity index (χ1n) is 7.16. The third-order valence-electron chi connectivity index (χ3n) is 3.25. The van der Waals surface area contributed by atoms with Gasteiger partial charge in [0.1, 0.15) is 5.82 Å². The molecule has 5 N–H and O–H groups in total.